The van der Waals surface area contributed by atoms with Gasteiger partial charge in [-0.3, -0.25) is 10.1 Å². The highest BCUT2D eigenvalue weighted by Gasteiger charge is 2.34. The average molecular weight is 293 g/mol. The molecule has 1 unspecified atom stereocenters. The van der Waals surface area contributed by atoms with Gasteiger partial charge < -0.3 is 9.47 Å². The van der Waals surface area contributed by atoms with Crippen molar-refractivity contribution in [2.45, 2.75) is 52.1 Å². The standard InChI is InChI=1S/C17H27NO3/c1-6-14-8-7-9-15(12-14)21-11-10-17(4,16(19)20-5)18-13(2)3/h7-9,12-13,18H,6,10-11H2,1-5H3. The van der Waals surface area contributed by atoms with E-state index in [2.05, 4.69) is 18.3 Å². The van der Waals surface area contributed by atoms with Gasteiger partial charge >= 0.3 is 5.97 Å². The normalized spacial score (nSPS) is 13.8. The fraction of sp³-hybridized carbons (Fsp3) is 0.588. The third-order valence-electron chi connectivity index (χ3n) is 3.42. The van der Waals surface area contributed by atoms with Crippen molar-refractivity contribution in [2.75, 3.05) is 13.7 Å². The molecule has 0 saturated carbocycles. The molecule has 4 nitrogen and oxygen atoms in total. The van der Waals surface area contributed by atoms with Crippen molar-refractivity contribution in [1.29, 1.82) is 0 Å². The van der Waals surface area contributed by atoms with Gasteiger partial charge in [-0.15, -0.1) is 0 Å². The van der Waals surface area contributed by atoms with Crippen LogP contribution >= 0.6 is 0 Å². The van der Waals surface area contributed by atoms with E-state index in [0.717, 1.165) is 12.2 Å². The van der Waals surface area contributed by atoms with Crippen LogP contribution in [-0.4, -0.2) is 31.3 Å². The second-order valence-electron chi connectivity index (χ2n) is 5.72. The van der Waals surface area contributed by atoms with Crippen LogP contribution in [0.2, 0.25) is 0 Å². The van der Waals surface area contributed by atoms with Crippen molar-refractivity contribution in [3.8, 4) is 5.75 Å². The van der Waals surface area contributed by atoms with Gasteiger partial charge in [0.05, 0.1) is 13.7 Å². The quantitative estimate of drug-likeness (QED) is 0.749. The molecule has 118 valence electrons. The number of ether oxygens (including phenoxy) is 2. The summed E-state index contributed by atoms with van der Waals surface area (Å²) in [5.74, 6) is 0.577. The summed E-state index contributed by atoms with van der Waals surface area (Å²) in [6, 6.07) is 8.22. The Morgan fingerprint density at radius 3 is 2.67 bits per heavy atom. The Labute approximate surface area is 127 Å². The van der Waals surface area contributed by atoms with Crippen molar-refractivity contribution < 1.29 is 14.3 Å². The molecule has 0 spiro atoms. The number of hydrogen-bond donors (Lipinski definition) is 1. The highest BCUT2D eigenvalue weighted by molar-refractivity contribution is 5.80. The molecule has 1 aromatic rings. The maximum Gasteiger partial charge on any atom is 0.325 e. The Bertz CT molecular complexity index is 459. The minimum Gasteiger partial charge on any atom is -0.493 e. The Kier molecular flexibility index (Phi) is 6.69. The van der Waals surface area contributed by atoms with Gasteiger partial charge in [0.1, 0.15) is 11.3 Å². The molecule has 1 aromatic carbocycles. The van der Waals surface area contributed by atoms with E-state index >= 15 is 0 Å². The summed E-state index contributed by atoms with van der Waals surface area (Å²) < 4.78 is 10.7. The summed E-state index contributed by atoms with van der Waals surface area (Å²) in [4.78, 5) is 12.0. The first-order chi connectivity index (χ1) is 9.91. The molecule has 0 saturated heterocycles. The van der Waals surface area contributed by atoms with Crippen LogP contribution < -0.4 is 10.1 Å². The minimum absolute atomic E-state index is 0.192. The SMILES string of the molecule is CCc1cccc(OCCC(C)(NC(C)C)C(=O)OC)c1. The van der Waals surface area contributed by atoms with Gasteiger partial charge in [-0.25, -0.2) is 0 Å². The van der Waals surface area contributed by atoms with Crippen molar-refractivity contribution >= 4 is 5.97 Å². The minimum atomic E-state index is -0.731. The summed E-state index contributed by atoms with van der Waals surface area (Å²) in [5.41, 5.74) is 0.509. The molecule has 4 heteroatoms. The molecular weight excluding hydrogens is 266 g/mol. The first-order valence-corrected chi connectivity index (χ1v) is 7.49. The Morgan fingerprint density at radius 1 is 1.38 bits per heavy atom. The molecule has 0 fully saturated rings. The van der Waals surface area contributed by atoms with E-state index in [1.807, 2.05) is 39.0 Å². The van der Waals surface area contributed by atoms with E-state index < -0.39 is 5.54 Å². The lowest BCUT2D eigenvalue weighted by atomic mass is 9.97. The van der Waals surface area contributed by atoms with E-state index in [9.17, 15) is 4.79 Å². The van der Waals surface area contributed by atoms with Crippen molar-refractivity contribution in [3.05, 3.63) is 29.8 Å². The zero-order chi connectivity index (χ0) is 15.9. The van der Waals surface area contributed by atoms with E-state index in [0.29, 0.717) is 13.0 Å². The predicted molar refractivity (Wildman–Crippen MR) is 84.6 cm³/mol. The second-order valence-corrected chi connectivity index (χ2v) is 5.72. The van der Waals surface area contributed by atoms with Gasteiger partial charge in [0, 0.05) is 12.5 Å². The topological polar surface area (TPSA) is 47.6 Å². The van der Waals surface area contributed by atoms with Crippen LogP contribution in [0.1, 0.15) is 39.7 Å². The highest BCUT2D eigenvalue weighted by atomic mass is 16.5. The molecule has 0 amide bonds. The molecule has 21 heavy (non-hydrogen) atoms. The molecule has 0 aliphatic rings. The van der Waals surface area contributed by atoms with Gasteiger partial charge in [-0.1, -0.05) is 19.1 Å². The lowest BCUT2D eigenvalue weighted by Gasteiger charge is -2.30. The van der Waals surface area contributed by atoms with Crippen molar-refractivity contribution in [3.63, 3.8) is 0 Å². The van der Waals surface area contributed by atoms with Crippen molar-refractivity contribution in [2.24, 2.45) is 0 Å². The summed E-state index contributed by atoms with van der Waals surface area (Å²) in [6.07, 6.45) is 1.53. The molecular formula is C17H27NO3. The second kappa shape index (κ2) is 8.03. The zero-order valence-electron chi connectivity index (χ0n) is 13.7. The smallest absolute Gasteiger partial charge is 0.325 e. The van der Waals surface area contributed by atoms with Gasteiger partial charge in [0.2, 0.25) is 0 Å². The van der Waals surface area contributed by atoms with Crippen LogP contribution in [0.15, 0.2) is 24.3 Å². The van der Waals surface area contributed by atoms with Crippen LogP contribution in [0.5, 0.6) is 5.75 Å². The number of rotatable bonds is 8. The van der Waals surface area contributed by atoms with E-state index in [1.54, 1.807) is 0 Å². The molecule has 1 atom stereocenters. The van der Waals surface area contributed by atoms with Crippen molar-refractivity contribution in [1.82, 2.24) is 5.32 Å². The number of hydrogen-bond acceptors (Lipinski definition) is 4. The van der Waals surface area contributed by atoms with Crippen LogP contribution in [0.3, 0.4) is 0 Å². The third kappa shape index (κ3) is 5.38. The Hall–Kier alpha value is -1.55. The third-order valence-corrected chi connectivity index (χ3v) is 3.42. The number of esters is 1. The average Bonchev–Trinajstić information content (AvgIpc) is 2.45. The van der Waals surface area contributed by atoms with Gasteiger partial charge in [-0.2, -0.15) is 0 Å². The monoisotopic (exact) mass is 293 g/mol. The molecule has 0 bridgehead atoms. The van der Waals surface area contributed by atoms with Crippen LogP contribution in [0.25, 0.3) is 0 Å². The van der Waals surface area contributed by atoms with Gasteiger partial charge in [0.15, 0.2) is 0 Å². The van der Waals surface area contributed by atoms with Gasteiger partial charge in [0.25, 0.3) is 0 Å². The molecule has 1 rings (SSSR count). The largest absolute Gasteiger partial charge is 0.493 e. The molecule has 0 heterocycles. The fourth-order valence-electron chi connectivity index (χ4n) is 2.32. The zero-order valence-corrected chi connectivity index (χ0v) is 13.7. The first kappa shape index (κ1) is 17.5. The molecule has 0 aliphatic carbocycles. The predicted octanol–water partition coefficient (Wildman–Crippen LogP) is 2.95. The Morgan fingerprint density at radius 2 is 2.10 bits per heavy atom. The molecule has 0 aromatic heterocycles. The fourth-order valence-corrected chi connectivity index (χ4v) is 2.32. The number of aryl methyl sites for hydroxylation is 1. The number of nitrogens with one attached hydrogen (secondary N) is 1. The number of benzene rings is 1. The number of methoxy groups -OCH3 is 1. The maximum atomic E-state index is 12.0. The summed E-state index contributed by atoms with van der Waals surface area (Å²) in [5, 5.41) is 3.26. The summed E-state index contributed by atoms with van der Waals surface area (Å²) >= 11 is 0. The number of carbonyl (C=O) groups excluding carboxylic acids is 1. The lowest BCUT2D eigenvalue weighted by Crippen LogP contribution is -2.53. The highest BCUT2D eigenvalue weighted by Crippen LogP contribution is 2.17. The summed E-state index contributed by atoms with van der Waals surface area (Å²) in [6.45, 7) is 8.43. The first-order valence-electron chi connectivity index (χ1n) is 7.49. The van der Waals surface area contributed by atoms with Gasteiger partial charge in [-0.05, 0) is 44.9 Å². The lowest BCUT2D eigenvalue weighted by molar-refractivity contribution is -0.148. The van der Waals surface area contributed by atoms with Crippen LogP contribution in [0.4, 0.5) is 0 Å². The summed E-state index contributed by atoms with van der Waals surface area (Å²) in [7, 11) is 1.41. The molecule has 1 N–H and O–H groups in total. The maximum absolute atomic E-state index is 12.0. The number of carbonyl (C=O) groups is 1. The molecule has 0 aliphatic heterocycles. The van der Waals surface area contributed by atoms with Crippen LogP contribution in [-0.2, 0) is 16.0 Å². The van der Waals surface area contributed by atoms with E-state index in [-0.39, 0.29) is 12.0 Å². The van der Waals surface area contributed by atoms with Crippen LogP contribution in [0, 0.1) is 0 Å². The van der Waals surface area contributed by atoms with E-state index in [4.69, 9.17) is 9.47 Å². The Balaban J connectivity index is 2.62. The molecule has 0 radical (unpaired) electrons. The van der Waals surface area contributed by atoms with E-state index in [1.165, 1.54) is 12.7 Å².